The van der Waals surface area contributed by atoms with E-state index >= 15 is 0 Å². The summed E-state index contributed by atoms with van der Waals surface area (Å²) >= 11 is 0. The van der Waals surface area contributed by atoms with Crippen LogP contribution in [-0.4, -0.2) is 46.3 Å². The number of amides is 1. The first kappa shape index (κ1) is 22.8. The van der Waals surface area contributed by atoms with Crippen LogP contribution in [0.25, 0.3) is 0 Å². The van der Waals surface area contributed by atoms with Crippen molar-refractivity contribution >= 4 is 17.7 Å². The molecular weight excluding hydrogens is 392 g/mol. The maximum Gasteiger partial charge on any atom is 0.355 e. The van der Waals surface area contributed by atoms with Crippen molar-refractivity contribution in [3.05, 3.63) is 58.4 Å². The van der Waals surface area contributed by atoms with Crippen LogP contribution in [0.15, 0.2) is 30.3 Å². The van der Waals surface area contributed by atoms with Gasteiger partial charge in [-0.25, -0.2) is 4.79 Å². The van der Waals surface area contributed by atoms with Crippen LogP contribution in [0.1, 0.15) is 76.7 Å². The molecule has 1 aromatic carbocycles. The minimum Gasteiger partial charge on any atom is -0.461 e. The summed E-state index contributed by atoms with van der Waals surface area (Å²) in [6.07, 6.45) is 2.52. The molecule has 0 unspecified atom stereocenters. The van der Waals surface area contributed by atoms with Crippen LogP contribution >= 0.6 is 0 Å². The van der Waals surface area contributed by atoms with Crippen molar-refractivity contribution in [1.82, 2.24) is 9.47 Å². The van der Waals surface area contributed by atoms with Gasteiger partial charge < -0.3 is 14.2 Å². The number of benzene rings is 1. The van der Waals surface area contributed by atoms with Gasteiger partial charge in [0.25, 0.3) is 0 Å². The van der Waals surface area contributed by atoms with Crippen LogP contribution in [-0.2, 0) is 16.6 Å². The lowest BCUT2D eigenvalue weighted by Gasteiger charge is -2.27. The minimum atomic E-state index is -0.435. The normalized spacial score (nSPS) is 14.2. The van der Waals surface area contributed by atoms with E-state index in [1.165, 1.54) is 0 Å². The quantitative estimate of drug-likeness (QED) is 0.447. The van der Waals surface area contributed by atoms with Gasteiger partial charge in [-0.1, -0.05) is 37.3 Å². The largest absolute Gasteiger partial charge is 0.461 e. The van der Waals surface area contributed by atoms with E-state index < -0.39 is 5.97 Å². The average molecular weight is 425 g/mol. The molecule has 31 heavy (non-hydrogen) atoms. The number of hydrogen-bond donors (Lipinski definition) is 0. The molecule has 6 nitrogen and oxygen atoms in total. The summed E-state index contributed by atoms with van der Waals surface area (Å²) in [6, 6.07) is 9.86. The van der Waals surface area contributed by atoms with Gasteiger partial charge in [-0.3, -0.25) is 9.59 Å². The molecule has 1 aliphatic rings. The summed E-state index contributed by atoms with van der Waals surface area (Å²) in [6.45, 7) is 7.65. The highest BCUT2D eigenvalue weighted by atomic mass is 16.5. The van der Waals surface area contributed by atoms with Crippen LogP contribution in [0.3, 0.4) is 0 Å². The van der Waals surface area contributed by atoms with Crippen LogP contribution < -0.4 is 0 Å². The molecule has 3 rings (SSSR count). The lowest BCUT2D eigenvalue weighted by atomic mass is 9.94. The van der Waals surface area contributed by atoms with E-state index in [1.54, 1.807) is 30.4 Å². The second-order valence-electron chi connectivity index (χ2n) is 8.21. The number of carbonyl (C=O) groups excluding carboxylic acids is 3. The Balaban J connectivity index is 1.88. The molecule has 1 fully saturated rings. The van der Waals surface area contributed by atoms with E-state index in [1.807, 2.05) is 44.2 Å². The summed E-state index contributed by atoms with van der Waals surface area (Å²) in [7, 11) is 1.76. The fraction of sp³-hybridized carbons (Fsp3) is 0.480. The molecule has 0 saturated heterocycles. The Hall–Kier alpha value is -2.89. The smallest absolute Gasteiger partial charge is 0.355 e. The van der Waals surface area contributed by atoms with Gasteiger partial charge in [0.15, 0.2) is 5.78 Å². The fourth-order valence-electron chi connectivity index (χ4n) is 4.32. The van der Waals surface area contributed by atoms with Gasteiger partial charge in [-0.15, -0.1) is 0 Å². The zero-order chi connectivity index (χ0) is 22.7. The molecule has 1 aliphatic carbocycles. The average Bonchev–Trinajstić information content (AvgIpc) is 3.55. The van der Waals surface area contributed by atoms with E-state index in [2.05, 4.69) is 0 Å². The minimum absolute atomic E-state index is 0.00130. The first-order chi connectivity index (χ1) is 14.8. The summed E-state index contributed by atoms with van der Waals surface area (Å²) in [4.78, 5) is 41.0. The Labute approximate surface area is 184 Å². The molecule has 6 heteroatoms. The monoisotopic (exact) mass is 424 g/mol. The van der Waals surface area contributed by atoms with Crippen molar-refractivity contribution in [1.29, 1.82) is 0 Å². The van der Waals surface area contributed by atoms with Gasteiger partial charge in [-0.2, -0.15) is 0 Å². The highest BCUT2D eigenvalue weighted by Crippen LogP contribution is 2.32. The third-order valence-corrected chi connectivity index (χ3v) is 6.17. The van der Waals surface area contributed by atoms with Gasteiger partial charge in [0.1, 0.15) is 5.69 Å². The summed E-state index contributed by atoms with van der Waals surface area (Å²) < 4.78 is 6.88. The highest BCUT2D eigenvalue weighted by Gasteiger charge is 2.38. The molecule has 0 radical (unpaired) electrons. The van der Waals surface area contributed by atoms with Gasteiger partial charge in [0, 0.05) is 24.3 Å². The molecular formula is C25H32N2O4. The van der Waals surface area contributed by atoms with E-state index in [0.29, 0.717) is 28.9 Å². The molecule has 0 aliphatic heterocycles. The predicted octanol–water partition coefficient (Wildman–Crippen LogP) is 4.19. The first-order valence-electron chi connectivity index (χ1n) is 11.0. The first-order valence-corrected chi connectivity index (χ1v) is 11.0. The fourth-order valence-corrected chi connectivity index (χ4v) is 4.32. The number of hydrogen-bond acceptors (Lipinski definition) is 4. The number of rotatable bonds is 9. The second-order valence-corrected chi connectivity index (χ2v) is 8.21. The molecule has 0 bridgehead atoms. The molecule has 1 heterocycles. The van der Waals surface area contributed by atoms with E-state index in [-0.39, 0.29) is 36.8 Å². The third kappa shape index (κ3) is 4.58. The van der Waals surface area contributed by atoms with Gasteiger partial charge in [-0.05, 0) is 51.2 Å². The number of aromatic nitrogens is 1. The molecule has 0 N–H and O–H groups in total. The Kier molecular flexibility index (Phi) is 6.98. The topological polar surface area (TPSA) is 68.6 Å². The van der Waals surface area contributed by atoms with Crippen molar-refractivity contribution in [2.45, 2.75) is 58.9 Å². The summed E-state index contributed by atoms with van der Waals surface area (Å²) in [5.41, 5.74) is 3.20. The SMILES string of the molecule is CCOC(=O)c1c(C)c(C(=O)CN(C(=O)[C@H](CC)c2ccccc2)C2CC2)c(C)n1C. The molecule has 166 valence electrons. The maximum atomic E-state index is 13.5. The Morgan fingerprint density at radius 1 is 1.13 bits per heavy atom. The number of Topliss-reactive ketones (excluding diaryl/α,β-unsaturated/α-hetero) is 1. The van der Waals surface area contributed by atoms with Crippen molar-refractivity contribution in [3.8, 4) is 0 Å². The van der Waals surface area contributed by atoms with Crippen molar-refractivity contribution < 1.29 is 19.1 Å². The van der Waals surface area contributed by atoms with Crippen LogP contribution in [0, 0.1) is 13.8 Å². The van der Waals surface area contributed by atoms with Crippen LogP contribution in [0.5, 0.6) is 0 Å². The molecule has 0 spiro atoms. The molecule has 1 atom stereocenters. The zero-order valence-electron chi connectivity index (χ0n) is 19.1. The number of ether oxygens (including phenoxy) is 1. The van der Waals surface area contributed by atoms with E-state index in [0.717, 1.165) is 18.4 Å². The van der Waals surface area contributed by atoms with E-state index in [9.17, 15) is 14.4 Å². The predicted molar refractivity (Wildman–Crippen MR) is 119 cm³/mol. The van der Waals surface area contributed by atoms with Crippen LogP contribution in [0.2, 0.25) is 0 Å². The second kappa shape index (κ2) is 9.50. The van der Waals surface area contributed by atoms with Crippen molar-refractivity contribution in [2.24, 2.45) is 7.05 Å². The zero-order valence-corrected chi connectivity index (χ0v) is 19.1. The Morgan fingerprint density at radius 3 is 2.32 bits per heavy atom. The lowest BCUT2D eigenvalue weighted by Crippen LogP contribution is -2.40. The Morgan fingerprint density at radius 2 is 1.77 bits per heavy atom. The molecule has 2 aromatic rings. The third-order valence-electron chi connectivity index (χ3n) is 6.17. The van der Waals surface area contributed by atoms with Gasteiger partial charge in [0.05, 0.1) is 19.1 Å². The number of ketones is 1. The van der Waals surface area contributed by atoms with Crippen LogP contribution in [0.4, 0.5) is 0 Å². The number of esters is 1. The van der Waals surface area contributed by atoms with Crippen molar-refractivity contribution in [3.63, 3.8) is 0 Å². The Bertz CT molecular complexity index is 973. The number of carbonyl (C=O) groups is 3. The maximum absolute atomic E-state index is 13.5. The number of nitrogens with zero attached hydrogens (tertiary/aromatic N) is 2. The molecule has 1 saturated carbocycles. The molecule has 1 aromatic heterocycles. The molecule has 1 amide bonds. The summed E-state index contributed by atoms with van der Waals surface area (Å²) in [5.74, 6) is -0.830. The van der Waals surface area contributed by atoms with Gasteiger partial charge in [0.2, 0.25) is 5.91 Å². The van der Waals surface area contributed by atoms with Crippen molar-refractivity contribution in [2.75, 3.05) is 13.2 Å². The highest BCUT2D eigenvalue weighted by molar-refractivity contribution is 6.05. The lowest BCUT2D eigenvalue weighted by molar-refractivity contribution is -0.133. The van der Waals surface area contributed by atoms with E-state index in [4.69, 9.17) is 4.74 Å². The summed E-state index contributed by atoms with van der Waals surface area (Å²) in [5, 5.41) is 0. The standard InChI is InChI=1S/C25H32N2O4/c1-6-20(18-11-9-8-10-12-18)24(29)27(19-13-14-19)15-21(28)22-16(3)23(25(30)31-7-2)26(5)17(22)4/h8-12,19-20H,6-7,13-15H2,1-5H3/t20-/m1/s1. The van der Waals surface area contributed by atoms with Gasteiger partial charge >= 0.3 is 5.97 Å².